The Kier molecular flexibility index (Phi) is 6.54. The average molecular weight is 394 g/mol. The summed E-state index contributed by atoms with van der Waals surface area (Å²) in [4.78, 5) is 29.8. The van der Waals surface area contributed by atoms with Crippen molar-refractivity contribution in [2.75, 3.05) is 20.8 Å². The van der Waals surface area contributed by atoms with Gasteiger partial charge in [-0.05, 0) is 31.0 Å². The van der Waals surface area contributed by atoms with Crippen LogP contribution in [0.3, 0.4) is 0 Å². The van der Waals surface area contributed by atoms with Gasteiger partial charge in [0.05, 0.1) is 19.7 Å². The maximum atomic E-state index is 12.7. The van der Waals surface area contributed by atoms with Crippen molar-refractivity contribution in [2.45, 2.75) is 26.3 Å². The van der Waals surface area contributed by atoms with Crippen molar-refractivity contribution >= 4 is 16.8 Å². The number of fused-ring (bicyclic) bond motifs is 1. The van der Waals surface area contributed by atoms with E-state index in [0.717, 1.165) is 10.9 Å². The average Bonchev–Trinajstić information content (AvgIpc) is 2.75. The summed E-state index contributed by atoms with van der Waals surface area (Å²) in [7, 11) is 3.12. The topological polar surface area (TPSA) is 71.6 Å². The van der Waals surface area contributed by atoms with Crippen LogP contribution < -0.4 is 15.0 Å². The van der Waals surface area contributed by atoms with E-state index in [0.29, 0.717) is 42.1 Å². The molecule has 1 N–H and O–H groups in total. The van der Waals surface area contributed by atoms with E-state index >= 15 is 0 Å². The monoisotopic (exact) mass is 394 g/mol. The van der Waals surface area contributed by atoms with E-state index in [2.05, 4.69) is 4.98 Å². The molecule has 2 aromatic carbocycles. The van der Waals surface area contributed by atoms with Crippen LogP contribution in [-0.4, -0.2) is 36.6 Å². The van der Waals surface area contributed by atoms with Crippen molar-refractivity contribution in [3.05, 3.63) is 70.0 Å². The largest absolute Gasteiger partial charge is 0.493 e. The van der Waals surface area contributed by atoms with Crippen molar-refractivity contribution in [2.24, 2.45) is 0 Å². The van der Waals surface area contributed by atoms with Gasteiger partial charge < -0.3 is 19.4 Å². The second kappa shape index (κ2) is 9.28. The SMILES string of the molecule is CCN(Cc1ccccc1)C(=O)CCc1cc2cc(OC)c(OC)cc2[nH]c1=O. The van der Waals surface area contributed by atoms with Gasteiger partial charge in [-0.2, -0.15) is 0 Å². The Hall–Kier alpha value is -3.28. The number of pyridine rings is 1. The zero-order valence-corrected chi connectivity index (χ0v) is 17.0. The van der Waals surface area contributed by atoms with Crippen LogP contribution in [0.15, 0.2) is 53.3 Å². The van der Waals surface area contributed by atoms with Crippen LogP contribution in [0.1, 0.15) is 24.5 Å². The predicted octanol–water partition coefficient (Wildman–Crippen LogP) is 3.53. The molecule has 29 heavy (non-hydrogen) atoms. The fourth-order valence-electron chi connectivity index (χ4n) is 3.34. The summed E-state index contributed by atoms with van der Waals surface area (Å²) in [6.45, 7) is 3.16. The fraction of sp³-hybridized carbons (Fsp3) is 0.304. The highest BCUT2D eigenvalue weighted by Crippen LogP contribution is 2.31. The lowest BCUT2D eigenvalue weighted by atomic mass is 10.1. The lowest BCUT2D eigenvalue weighted by molar-refractivity contribution is -0.131. The summed E-state index contributed by atoms with van der Waals surface area (Å²) in [6.07, 6.45) is 0.659. The van der Waals surface area contributed by atoms with Crippen molar-refractivity contribution in [1.29, 1.82) is 0 Å². The highest BCUT2D eigenvalue weighted by molar-refractivity contribution is 5.83. The molecule has 3 rings (SSSR count). The molecule has 0 saturated carbocycles. The Morgan fingerprint density at radius 3 is 2.38 bits per heavy atom. The summed E-state index contributed by atoms with van der Waals surface area (Å²) in [6, 6.07) is 15.3. The van der Waals surface area contributed by atoms with Crippen LogP contribution in [0.4, 0.5) is 0 Å². The molecule has 0 radical (unpaired) electrons. The van der Waals surface area contributed by atoms with Crippen LogP contribution in [0, 0.1) is 0 Å². The normalized spacial score (nSPS) is 10.7. The number of nitrogens with one attached hydrogen (secondary N) is 1. The molecular formula is C23H26N2O4. The molecule has 6 nitrogen and oxygen atoms in total. The lowest BCUT2D eigenvalue weighted by Gasteiger charge is -2.21. The van der Waals surface area contributed by atoms with Crippen LogP contribution in [-0.2, 0) is 17.8 Å². The van der Waals surface area contributed by atoms with E-state index in [1.165, 1.54) is 0 Å². The molecule has 1 heterocycles. The van der Waals surface area contributed by atoms with Gasteiger partial charge in [0.1, 0.15) is 0 Å². The quantitative estimate of drug-likeness (QED) is 0.634. The number of methoxy groups -OCH3 is 2. The standard InChI is InChI=1S/C23H26N2O4/c1-4-25(15-16-8-6-5-7-9-16)22(26)11-10-17-12-18-13-20(28-2)21(29-3)14-19(18)24-23(17)27/h5-9,12-14H,4,10-11,15H2,1-3H3,(H,24,27). The lowest BCUT2D eigenvalue weighted by Crippen LogP contribution is -2.30. The van der Waals surface area contributed by atoms with E-state index in [4.69, 9.17) is 9.47 Å². The Balaban J connectivity index is 1.76. The molecule has 0 unspecified atom stereocenters. The van der Waals surface area contributed by atoms with Crippen LogP contribution in [0.2, 0.25) is 0 Å². The van der Waals surface area contributed by atoms with E-state index in [1.807, 2.05) is 49.4 Å². The van der Waals surface area contributed by atoms with Crippen molar-refractivity contribution in [3.63, 3.8) is 0 Å². The Morgan fingerprint density at radius 2 is 1.72 bits per heavy atom. The molecular weight excluding hydrogens is 368 g/mol. The van der Waals surface area contributed by atoms with Gasteiger partial charge in [-0.15, -0.1) is 0 Å². The molecule has 0 atom stereocenters. The summed E-state index contributed by atoms with van der Waals surface area (Å²) in [5, 5.41) is 0.835. The highest BCUT2D eigenvalue weighted by atomic mass is 16.5. The zero-order chi connectivity index (χ0) is 20.8. The minimum atomic E-state index is -0.191. The number of aryl methyl sites for hydroxylation is 1. The fourth-order valence-corrected chi connectivity index (χ4v) is 3.34. The van der Waals surface area contributed by atoms with E-state index in [1.54, 1.807) is 25.2 Å². The predicted molar refractivity (Wildman–Crippen MR) is 114 cm³/mol. The third-order valence-electron chi connectivity index (χ3n) is 4.98. The first-order chi connectivity index (χ1) is 14.0. The molecule has 0 aliphatic rings. The summed E-state index contributed by atoms with van der Waals surface area (Å²) < 4.78 is 10.6. The van der Waals surface area contributed by atoms with Gasteiger partial charge in [-0.25, -0.2) is 0 Å². The first-order valence-corrected chi connectivity index (χ1v) is 9.65. The first-order valence-electron chi connectivity index (χ1n) is 9.65. The maximum Gasteiger partial charge on any atom is 0.251 e. The molecule has 0 fully saturated rings. The number of carbonyl (C=O) groups is 1. The van der Waals surface area contributed by atoms with E-state index in [9.17, 15) is 9.59 Å². The third kappa shape index (κ3) is 4.77. The molecule has 1 amide bonds. The minimum Gasteiger partial charge on any atom is -0.493 e. The number of rotatable bonds is 8. The molecule has 0 aliphatic carbocycles. The highest BCUT2D eigenvalue weighted by Gasteiger charge is 2.14. The third-order valence-corrected chi connectivity index (χ3v) is 4.98. The number of aromatic amines is 1. The van der Waals surface area contributed by atoms with Gasteiger partial charge in [0.15, 0.2) is 11.5 Å². The minimum absolute atomic E-state index is 0.0307. The van der Waals surface area contributed by atoms with E-state index < -0.39 is 0 Å². The summed E-state index contributed by atoms with van der Waals surface area (Å²) in [5.74, 6) is 1.18. The van der Waals surface area contributed by atoms with Gasteiger partial charge in [0.25, 0.3) is 5.56 Å². The van der Waals surface area contributed by atoms with Crippen LogP contribution in [0.5, 0.6) is 11.5 Å². The van der Waals surface area contributed by atoms with Gasteiger partial charge in [-0.3, -0.25) is 9.59 Å². The summed E-state index contributed by atoms with van der Waals surface area (Å²) in [5.41, 5.74) is 2.15. The number of nitrogens with zero attached hydrogens (tertiary/aromatic N) is 1. The van der Waals surface area contributed by atoms with E-state index in [-0.39, 0.29) is 17.9 Å². The molecule has 6 heteroatoms. The molecule has 1 aromatic heterocycles. The molecule has 0 spiro atoms. The van der Waals surface area contributed by atoms with Gasteiger partial charge in [-0.1, -0.05) is 30.3 Å². The second-order valence-electron chi connectivity index (χ2n) is 6.81. The Labute approximate surface area is 170 Å². The number of ether oxygens (including phenoxy) is 2. The molecule has 152 valence electrons. The number of hydrogen-bond acceptors (Lipinski definition) is 4. The molecule has 0 aliphatic heterocycles. The van der Waals surface area contributed by atoms with Crippen molar-refractivity contribution < 1.29 is 14.3 Å². The maximum absolute atomic E-state index is 12.7. The van der Waals surface area contributed by atoms with Gasteiger partial charge in [0.2, 0.25) is 5.91 Å². The number of aromatic nitrogens is 1. The molecule has 0 bridgehead atoms. The van der Waals surface area contributed by atoms with Crippen molar-refractivity contribution in [1.82, 2.24) is 9.88 Å². The van der Waals surface area contributed by atoms with Crippen molar-refractivity contribution in [3.8, 4) is 11.5 Å². The first kappa shape index (κ1) is 20.5. The smallest absolute Gasteiger partial charge is 0.251 e. The Morgan fingerprint density at radius 1 is 1.03 bits per heavy atom. The molecule has 3 aromatic rings. The van der Waals surface area contributed by atoms with Crippen LogP contribution in [0.25, 0.3) is 10.9 Å². The van der Waals surface area contributed by atoms with Gasteiger partial charge in [0, 0.05) is 36.5 Å². The number of benzene rings is 2. The number of amides is 1. The Bertz CT molecular complexity index is 1040. The zero-order valence-electron chi connectivity index (χ0n) is 17.0. The van der Waals surface area contributed by atoms with Gasteiger partial charge >= 0.3 is 0 Å². The number of carbonyl (C=O) groups excluding carboxylic acids is 1. The number of H-pyrrole nitrogens is 1. The number of hydrogen-bond donors (Lipinski definition) is 1. The summed E-state index contributed by atoms with van der Waals surface area (Å²) >= 11 is 0. The molecule has 0 saturated heterocycles. The van der Waals surface area contributed by atoms with Crippen LogP contribution >= 0.6 is 0 Å². The second-order valence-corrected chi connectivity index (χ2v) is 6.81.